The van der Waals surface area contributed by atoms with Gasteiger partial charge in [0.05, 0.1) is 17.0 Å². The van der Waals surface area contributed by atoms with E-state index in [-0.39, 0.29) is 63.3 Å². The molecule has 0 spiro atoms. The summed E-state index contributed by atoms with van der Waals surface area (Å²) in [5.41, 5.74) is 5.94. The summed E-state index contributed by atoms with van der Waals surface area (Å²) in [5.74, 6) is 0.0602. The summed E-state index contributed by atoms with van der Waals surface area (Å²) in [6, 6.07) is 44.8. The van der Waals surface area contributed by atoms with Crippen LogP contribution in [0.15, 0.2) is 144 Å². The Morgan fingerprint density at radius 3 is 1.37 bits per heavy atom. The zero-order valence-electron chi connectivity index (χ0n) is 38.2. The topological polar surface area (TPSA) is 100 Å². The number of aromatic nitrogens is 2. The van der Waals surface area contributed by atoms with Crippen LogP contribution < -0.4 is 0 Å². The van der Waals surface area contributed by atoms with Gasteiger partial charge in [0, 0.05) is 57.6 Å². The van der Waals surface area contributed by atoms with Crippen molar-refractivity contribution in [1.29, 1.82) is 0 Å². The summed E-state index contributed by atoms with van der Waals surface area (Å²) < 4.78 is 0. The molecule has 0 atom stereocenters. The van der Waals surface area contributed by atoms with Crippen LogP contribution in [0.2, 0.25) is 0 Å². The number of aliphatic hydroxyl groups is 2. The Morgan fingerprint density at radius 1 is 0.533 bits per heavy atom. The number of carbonyl (C=O) groups is 2. The number of hydrogen-bond donors (Lipinski definition) is 2. The number of aliphatic hydroxyl groups excluding tert-OH is 2. The molecule has 0 saturated heterocycles. The molecule has 6 nitrogen and oxygen atoms in total. The second kappa shape index (κ2) is 38.6. The number of nitrogens with zero attached hydrogens (tertiary/aromatic N) is 2. The van der Waals surface area contributed by atoms with E-state index in [1.807, 2.05) is 125 Å². The minimum atomic E-state index is -0.0787. The van der Waals surface area contributed by atoms with Crippen molar-refractivity contribution >= 4 is 33.2 Å². The largest absolute Gasteiger partial charge is 0.512 e. The Hall–Kier alpha value is -4.58. The van der Waals surface area contributed by atoms with Gasteiger partial charge >= 0.3 is 0 Å². The molecule has 0 unspecified atom stereocenters. The van der Waals surface area contributed by atoms with Gasteiger partial charge in [0.1, 0.15) is 0 Å². The number of para-hydroxylation sites is 1. The molecule has 330 valence electrons. The number of Topliss-reactive ketones (excluding diaryl/α,β-unsaturated/α-hetero) is 2. The fourth-order valence-corrected chi connectivity index (χ4v) is 4.15. The third-order valence-electron chi connectivity index (χ3n) is 7.36. The first-order valence-electron chi connectivity index (χ1n) is 20.2. The number of fused-ring (bicyclic) bond motifs is 2. The normalized spacial score (nSPS) is 9.83. The first-order valence-corrected chi connectivity index (χ1v) is 20.2. The minimum Gasteiger partial charge on any atom is -0.512 e. The summed E-state index contributed by atoms with van der Waals surface area (Å²) >= 11 is 0. The summed E-state index contributed by atoms with van der Waals surface area (Å²) in [7, 11) is 0. The molecule has 0 bridgehead atoms. The Kier molecular flexibility index (Phi) is 39.9. The molecule has 2 N–H and O–H groups in total. The van der Waals surface area contributed by atoms with E-state index < -0.39 is 0 Å². The quantitative estimate of drug-likeness (QED) is 0.104. The second-order valence-corrected chi connectivity index (χ2v) is 12.3. The van der Waals surface area contributed by atoms with E-state index in [1.54, 1.807) is 13.8 Å². The number of ketones is 2. The van der Waals surface area contributed by atoms with Crippen molar-refractivity contribution in [1.82, 2.24) is 9.97 Å². The molecule has 6 aromatic rings. The second-order valence-electron chi connectivity index (χ2n) is 12.3. The van der Waals surface area contributed by atoms with Gasteiger partial charge in [0.15, 0.2) is 11.6 Å². The molecule has 6 rings (SSSR count). The smallest absolute Gasteiger partial charge is 0.158 e. The number of rotatable bonds is 4. The van der Waals surface area contributed by atoms with Crippen LogP contribution in [0.25, 0.3) is 44.2 Å². The van der Waals surface area contributed by atoms with Gasteiger partial charge in [0.2, 0.25) is 0 Å². The molecule has 8 heteroatoms. The standard InChI is InChI=1S/2C15H10N.2C6H10O2.2C3H8.2C2H6.2Ir/c1-2-7-13(8-3-1)15-14-9-5-4-6-12(14)10-11-16-15;1-2-6-12(7-3-1)15-11-10-13-8-4-5-9-14(13)16-15;2*1-4(5(2)7)6(3)8;2*1-3-2;2*1-2;;/h1-7,9-11H;1-6,8-11H;2*7H,1-3H3;2*3H2,1-2H3;2*1-2H3;;/q2*-1;;;;;;;;. The molecule has 0 fully saturated rings. The summed E-state index contributed by atoms with van der Waals surface area (Å²) in [4.78, 5) is 29.8. The van der Waals surface area contributed by atoms with E-state index >= 15 is 0 Å². The number of pyridine rings is 2. The van der Waals surface area contributed by atoms with Gasteiger partial charge in [0.25, 0.3) is 0 Å². The van der Waals surface area contributed by atoms with E-state index in [2.05, 4.69) is 74.1 Å². The molecule has 0 amide bonds. The zero-order valence-corrected chi connectivity index (χ0v) is 43.0. The Balaban J connectivity index is -0.000000334. The van der Waals surface area contributed by atoms with Crippen molar-refractivity contribution in [3.05, 3.63) is 156 Å². The maximum absolute atomic E-state index is 10.4. The summed E-state index contributed by atoms with van der Waals surface area (Å²) in [5, 5.41) is 20.9. The van der Waals surface area contributed by atoms with E-state index in [0.717, 1.165) is 28.0 Å². The maximum atomic E-state index is 10.4. The van der Waals surface area contributed by atoms with Gasteiger partial charge in [-0.1, -0.05) is 123 Å². The molecule has 2 aromatic heterocycles. The van der Waals surface area contributed by atoms with Crippen molar-refractivity contribution < 1.29 is 60.0 Å². The van der Waals surface area contributed by atoms with Crippen molar-refractivity contribution in [3.63, 3.8) is 0 Å². The molecular formula is C52H68Ir2N2O4-2. The molecule has 0 saturated carbocycles. The van der Waals surface area contributed by atoms with E-state index in [1.165, 1.54) is 56.7 Å². The molecule has 2 radical (unpaired) electrons. The monoisotopic (exact) mass is 1170 g/mol. The van der Waals surface area contributed by atoms with Gasteiger partial charge in [-0.15, -0.1) is 71.8 Å². The average Bonchev–Trinajstić information content (AvgIpc) is 3.26. The Bertz CT molecular complexity index is 2030. The van der Waals surface area contributed by atoms with Crippen molar-refractivity contribution in [3.8, 4) is 22.5 Å². The van der Waals surface area contributed by atoms with Gasteiger partial charge in [-0.25, -0.2) is 0 Å². The third kappa shape index (κ3) is 25.1. The fraction of sp³-hybridized carbons (Fsp3) is 0.308. The fourth-order valence-electron chi connectivity index (χ4n) is 4.15. The van der Waals surface area contributed by atoms with Crippen LogP contribution in [0, 0.1) is 12.1 Å². The van der Waals surface area contributed by atoms with E-state index in [0.29, 0.717) is 11.1 Å². The van der Waals surface area contributed by atoms with Crippen LogP contribution in [-0.4, -0.2) is 31.7 Å². The van der Waals surface area contributed by atoms with Crippen LogP contribution in [0.5, 0.6) is 0 Å². The summed E-state index contributed by atoms with van der Waals surface area (Å²) in [6.07, 6.45) is 4.35. The minimum absolute atomic E-state index is 0. The molecule has 0 aliphatic rings. The molecule has 2 heterocycles. The van der Waals surface area contributed by atoms with Crippen LogP contribution in [-0.2, 0) is 49.8 Å². The van der Waals surface area contributed by atoms with Crippen molar-refractivity contribution in [2.75, 3.05) is 0 Å². The molecular weight excluding hydrogens is 1100 g/mol. The predicted octanol–water partition coefficient (Wildman–Crippen LogP) is 15.1. The molecule has 60 heavy (non-hydrogen) atoms. The summed E-state index contributed by atoms with van der Waals surface area (Å²) in [6.45, 7) is 25.5. The van der Waals surface area contributed by atoms with Crippen molar-refractivity contribution in [2.24, 2.45) is 0 Å². The molecule has 4 aromatic carbocycles. The average molecular weight is 1170 g/mol. The van der Waals surface area contributed by atoms with Crippen LogP contribution >= 0.6 is 0 Å². The maximum Gasteiger partial charge on any atom is 0.158 e. The van der Waals surface area contributed by atoms with Crippen LogP contribution in [0.3, 0.4) is 0 Å². The first kappa shape index (κ1) is 62.1. The number of benzene rings is 4. The van der Waals surface area contributed by atoms with Gasteiger partial charge in [-0.05, 0) is 81.2 Å². The van der Waals surface area contributed by atoms with Gasteiger partial charge in [-0.2, -0.15) is 0 Å². The zero-order chi connectivity index (χ0) is 44.5. The van der Waals surface area contributed by atoms with Gasteiger partial charge < -0.3 is 15.2 Å². The third-order valence-corrected chi connectivity index (χ3v) is 7.36. The number of hydrogen-bond acceptors (Lipinski definition) is 6. The number of allylic oxidation sites excluding steroid dienone is 4. The van der Waals surface area contributed by atoms with Crippen LogP contribution in [0.4, 0.5) is 0 Å². The van der Waals surface area contributed by atoms with Crippen LogP contribution in [0.1, 0.15) is 110 Å². The molecule has 0 aliphatic heterocycles. The van der Waals surface area contributed by atoms with E-state index in [9.17, 15) is 9.59 Å². The molecule has 0 aliphatic carbocycles. The SMILES string of the molecule is CC.CC.CC(=O)C(C)=C(C)O.CC(=O)C(C)=C(C)O.CCC.CCC.[Ir].[Ir].[c-]1ccccc1-c1ccc2ccccc2n1.[c-]1ccccc1-c1nccc2ccccc12. The van der Waals surface area contributed by atoms with E-state index in [4.69, 9.17) is 10.2 Å². The number of carbonyl (C=O) groups excluding carboxylic acids is 2. The van der Waals surface area contributed by atoms with Crippen molar-refractivity contribution in [2.45, 2.75) is 110 Å². The Morgan fingerprint density at radius 2 is 0.950 bits per heavy atom. The predicted molar refractivity (Wildman–Crippen MR) is 250 cm³/mol. The Labute approximate surface area is 389 Å². The first-order chi connectivity index (χ1) is 27.8. The van der Waals surface area contributed by atoms with Gasteiger partial charge in [-0.3, -0.25) is 14.6 Å².